The van der Waals surface area contributed by atoms with E-state index in [0.29, 0.717) is 6.42 Å². The van der Waals surface area contributed by atoms with Crippen LogP contribution in [0.3, 0.4) is 0 Å². The van der Waals surface area contributed by atoms with E-state index in [4.69, 9.17) is 0 Å². The van der Waals surface area contributed by atoms with Crippen LogP contribution in [0.25, 0.3) is 0 Å². The molecular formula is C14H16N2OS. The van der Waals surface area contributed by atoms with E-state index in [9.17, 15) is 5.11 Å². The molecule has 0 saturated carbocycles. The van der Waals surface area contributed by atoms with Crippen LogP contribution in [0.1, 0.15) is 23.8 Å². The second-order valence-electron chi connectivity index (χ2n) is 4.04. The molecule has 0 radical (unpaired) electrons. The molecule has 0 saturated heterocycles. The second kappa shape index (κ2) is 6.52. The summed E-state index contributed by atoms with van der Waals surface area (Å²) in [4.78, 5) is 8.49. The maximum atomic E-state index is 10.00. The summed E-state index contributed by atoms with van der Waals surface area (Å²) < 4.78 is 0. The van der Waals surface area contributed by atoms with Gasteiger partial charge in [-0.3, -0.25) is 0 Å². The van der Waals surface area contributed by atoms with Gasteiger partial charge in [-0.2, -0.15) is 0 Å². The molecule has 1 unspecified atom stereocenters. The highest BCUT2D eigenvalue weighted by Crippen LogP contribution is 2.21. The molecule has 1 N–H and O–H groups in total. The first-order chi connectivity index (χ1) is 8.75. The van der Waals surface area contributed by atoms with Crippen molar-refractivity contribution in [2.45, 2.75) is 24.6 Å². The summed E-state index contributed by atoms with van der Waals surface area (Å²) in [7, 11) is 0. The first-order valence-electron chi connectivity index (χ1n) is 5.91. The van der Waals surface area contributed by atoms with E-state index in [1.165, 1.54) is 0 Å². The number of aliphatic hydroxyl groups excluding tert-OH is 1. The van der Waals surface area contributed by atoms with Crippen molar-refractivity contribution < 1.29 is 5.11 Å². The van der Waals surface area contributed by atoms with Crippen LogP contribution in [0.15, 0.2) is 47.8 Å². The number of thioether (sulfide) groups is 1. The van der Waals surface area contributed by atoms with Gasteiger partial charge < -0.3 is 5.11 Å². The minimum atomic E-state index is -0.413. The van der Waals surface area contributed by atoms with Crippen LogP contribution in [-0.4, -0.2) is 20.8 Å². The average molecular weight is 260 g/mol. The van der Waals surface area contributed by atoms with E-state index in [2.05, 4.69) is 9.97 Å². The number of rotatable bonds is 5. The standard InChI is InChI=1S/C14H16N2OS/c1-11-7-9-15-14(16-11)18-10-8-13(17)12-5-3-2-4-6-12/h2-7,9,13,17H,8,10H2,1H3. The van der Waals surface area contributed by atoms with Crippen molar-refractivity contribution in [2.75, 3.05) is 5.75 Å². The van der Waals surface area contributed by atoms with Crippen LogP contribution >= 0.6 is 11.8 Å². The predicted molar refractivity (Wildman–Crippen MR) is 73.5 cm³/mol. The zero-order valence-corrected chi connectivity index (χ0v) is 11.1. The van der Waals surface area contributed by atoms with Gasteiger partial charge in [-0.15, -0.1) is 0 Å². The Hall–Kier alpha value is -1.39. The number of benzene rings is 1. The van der Waals surface area contributed by atoms with Gasteiger partial charge in [0.2, 0.25) is 0 Å². The molecule has 1 aromatic carbocycles. The van der Waals surface area contributed by atoms with Crippen molar-refractivity contribution in [2.24, 2.45) is 0 Å². The van der Waals surface area contributed by atoms with Gasteiger partial charge in [0.15, 0.2) is 5.16 Å². The fourth-order valence-corrected chi connectivity index (χ4v) is 2.47. The molecule has 3 nitrogen and oxygen atoms in total. The van der Waals surface area contributed by atoms with Gasteiger partial charge in [-0.25, -0.2) is 9.97 Å². The van der Waals surface area contributed by atoms with Gasteiger partial charge in [0.05, 0.1) is 6.10 Å². The summed E-state index contributed by atoms with van der Waals surface area (Å²) in [5, 5.41) is 10.8. The van der Waals surface area contributed by atoms with Crippen LogP contribution in [0.4, 0.5) is 0 Å². The van der Waals surface area contributed by atoms with E-state index in [-0.39, 0.29) is 0 Å². The fraction of sp³-hybridized carbons (Fsp3) is 0.286. The van der Waals surface area contributed by atoms with Crippen molar-refractivity contribution >= 4 is 11.8 Å². The van der Waals surface area contributed by atoms with Gasteiger partial charge in [0, 0.05) is 17.6 Å². The van der Waals surface area contributed by atoms with Crippen LogP contribution in [0, 0.1) is 6.92 Å². The highest BCUT2D eigenvalue weighted by atomic mass is 32.2. The zero-order chi connectivity index (χ0) is 12.8. The van der Waals surface area contributed by atoms with Gasteiger partial charge in [0.25, 0.3) is 0 Å². The molecule has 1 heterocycles. The topological polar surface area (TPSA) is 46.0 Å². The lowest BCUT2D eigenvalue weighted by Gasteiger charge is -2.09. The number of hydrogen-bond donors (Lipinski definition) is 1. The Labute approximate surface area is 111 Å². The molecule has 0 aliphatic heterocycles. The lowest BCUT2D eigenvalue weighted by Crippen LogP contribution is -1.99. The maximum Gasteiger partial charge on any atom is 0.187 e. The number of aliphatic hydroxyl groups is 1. The molecule has 1 aromatic heterocycles. The molecule has 0 aliphatic carbocycles. The van der Waals surface area contributed by atoms with Crippen LogP contribution in [0.5, 0.6) is 0 Å². The fourth-order valence-electron chi connectivity index (χ4n) is 1.60. The minimum Gasteiger partial charge on any atom is -0.388 e. The Morgan fingerprint density at radius 1 is 1.22 bits per heavy atom. The van der Waals surface area contributed by atoms with Crippen LogP contribution < -0.4 is 0 Å². The van der Waals surface area contributed by atoms with Crippen molar-refractivity contribution in [1.82, 2.24) is 9.97 Å². The Morgan fingerprint density at radius 2 is 2.00 bits per heavy atom. The smallest absolute Gasteiger partial charge is 0.187 e. The lowest BCUT2D eigenvalue weighted by molar-refractivity contribution is 0.175. The largest absolute Gasteiger partial charge is 0.388 e. The third kappa shape index (κ3) is 3.82. The summed E-state index contributed by atoms with van der Waals surface area (Å²) in [5.41, 5.74) is 1.93. The lowest BCUT2D eigenvalue weighted by atomic mass is 10.1. The monoisotopic (exact) mass is 260 g/mol. The van der Waals surface area contributed by atoms with Gasteiger partial charge in [-0.1, -0.05) is 42.1 Å². The zero-order valence-electron chi connectivity index (χ0n) is 10.3. The average Bonchev–Trinajstić information content (AvgIpc) is 2.40. The van der Waals surface area contributed by atoms with Gasteiger partial charge in [-0.05, 0) is 25.0 Å². The summed E-state index contributed by atoms with van der Waals surface area (Å²) in [6, 6.07) is 11.6. The van der Waals surface area contributed by atoms with Crippen LogP contribution in [0.2, 0.25) is 0 Å². The van der Waals surface area contributed by atoms with Crippen molar-refractivity contribution in [3.8, 4) is 0 Å². The molecule has 0 amide bonds. The number of hydrogen-bond acceptors (Lipinski definition) is 4. The van der Waals surface area contributed by atoms with Crippen molar-refractivity contribution in [3.05, 3.63) is 53.9 Å². The molecule has 4 heteroatoms. The molecule has 0 aliphatic rings. The van der Waals surface area contributed by atoms with E-state index < -0.39 is 6.10 Å². The Morgan fingerprint density at radius 3 is 2.72 bits per heavy atom. The quantitative estimate of drug-likeness (QED) is 0.663. The maximum absolute atomic E-state index is 10.00. The Balaban J connectivity index is 1.82. The molecule has 94 valence electrons. The Bertz CT molecular complexity index is 490. The highest BCUT2D eigenvalue weighted by molar-refractivity contribution is 7.99. The predicted octanol–water partition coefficient (Wildman–Crippen LogP) is 3.00. The molecule has 0 spiro atoms. The third-order valence-electron chi connectivity index (χ3n) is 2.58. The van der Waals surface area contributed by atoms with E-state index >= 15 is 0 Å². The summed E-state index contributed by atoms with van der Waals surface area (Å²) in [5.74, 6) is 0.805. The molecule has 0 fully saturated rings. The van der Waals surface area contributed by atoms with Gasteiger partial charge >= 0.3 is 0 Å². The molecule has 18 heavy (non-hydrogen) atoms. The first kappa shape index (κ1) is 13.1. The van der Waals surface area contributed by atoms with Crippen molar-refractivity contribution in [3.63, 3.8) is 0 Å². The summed E-state index contributed by atoms with van der Waals surface area (Å²) in [6.45, 7) is 1.95. The van der Waals surface area contributed by atoms with E-state index in [0.717, 1.165) is 22.2 Å². The van der Waals surface area contributed by atoms with Gasteiger partial charge in [0.1, 0.15) is 0 Å². The third-order valence-corrected chi connectivity index (χ3v) is 3.47. The number of nitrogens with zero attached hydrogens (tertiary/aromatic N) is 2. The number of aromatic nitrogens is 2. The molecule has 2 rings (SSSR count). The normalized spacial score (nSPS) is 12.3. The van der Waals surface area contributed by atoms with Crippen molar-refractivity contribution in [1.29, 1.82) is 0 Å². The first-order valence-corrected chi connectivity index (χ1v) is 6.90. The minimum absolute atomic E-state index is 0.413. The summed E-state index contributed by atoms with van der Waals surface area (Å²) in [6.07, 6.45) is 2.05. The van der Waals surface area contributed by atoms with Crippen LogP contribution in [-0.2, 0) is 0 Å². The molecule has 2 aromatic rings. The molecule has 1 atom stereocenters. The SMILES string of the molecule is Cc1ccnc(SCCC(O)c2ccccc2)n1. The van der Waals surface area contributed by atoms with E-state index in [1.54, 1.807) is 18.0 Å². The Kier molecular flexibility index (Phi) is 4.73. The van der Waals surface area contributed by atoms with E-state index in [1.807, 2.05) is 43.3 Å². The second-order valence-corrected chi connectivity index (χ2v) is 5.11. The highest BCUT2D eigenvalue weighted by Gasteiger charge is 2.07. The number of aryl methyl sites for hydroxylation is 1. The molecular weight excluding hydrogens is 244 g/mol. The summed E-state index contributed by atoms with van der Waals surface area (Å²) >= 11 is 1.58. The molecule has 0 bridgehead atoms.